The minimum atomic E-state index is -0.658. The third kappa shape index (κ3) is 5.18. The summed E-state index contributed by atoms with van der Waals surface area (Å²) < 4.78 is 87.8. The molecule has 10 heteroatoms. The highest BCUT2D eigenvalue weighted by atomic mass is 19.1. The first kappa shape index (κ1) is 31.6. The Morgan fingerprint density at radius 2 is 0.692 bits per heavy atom. The minimum Gasteiger partial charge on any atom is -0.311 e. The van der Waals surface area contributed by atoms with Crippen molar-refractivity contribution >= 4 is 74.3 Å². The van der Waals surface area contributed by atoms with E-state index in [1.165, 1.54) is 72.8 Å². The number of benzene rings is 7. The Hall–Kier alpha value is -6.42. The summed E-state index contributed by atoms with van der Waals surface area (Å²) in [5.74, 6) is -2.75. The summed E-state index contributed by atoms with van der Waals surface area (Å²) >= 11 is 0. The zero-order chi connectivity index (χ0) is 35.7. The molecule has 0 bridgehead atoms. The normalized spacial score (nSPS) is 12.7. The Kier molecular flexibility index (Phi) is 7.36. The van der Waals surface area contributed by atoms with Gasteiger partial charge in [0.1, 0.15) is 34.9 Å². The molecule has 252 valence electrons. The fourth-order valence-corrected chi connectivity index (χ4v) is 7.43. The highest BCUT2D eigenvalue weighted by Gasteiger charge is 2.44. The number of fused-ring (bicyclic) bond motifs is 4. The lowest BCUT2D eigenvalue weighted by Gasteiger charge is -2.45. The van der Waals surface area contributed by atoms with E-state index in [9.17, 15) is 17.6 Å². The average Bonchev–Trinajstić information content (AvgIpc) is 3.14. The Labute approximate surface area is 295 Å². The van der Waals surface area contributed by atoms with Gasteiger partial charge in [0, 0.05) is 45.5 Å². The molecule has 0 spiro atoms. The van der Waals surface area contributed by atoms with Crippen molar-refractivity contribution in [2.75, 3.05) is 14.7 Å². The quantitative estimate of drug-likeness (QED) is 0.131. The van der Waals surface area contributed by atoms with Gasteiger partial charge in [-0.05, 0) is 162 Å². The van der Waals surface area contributed by atoms with Gasteiger partial charge >= 0.3 is 0 Å². The van der Waals surface area contributed by atoms with Gasteiger partial charge in [0.15, 0.2) is 0 Å². The van der Waals surface area contributed by atoms with Gasteiger partial charge in [0.05, 0.1) is 5.69 Å². The van der Waals surface area contributed by atoms with Gasteiger partial charge < -0.3 is 14.7 Å². The molecule has 52 heavy (non-hydrogen) atoms. The molecule has 0 unspecified atom stereocenters. The molecule has 0 amide bonds. The van der Waals surface area contributed by atoms with Crippen LogP contribution in [0.25, 0.3) is 0 Å². The summed E-state index contributed by atoms with van der Waals surface area (Å²) in [4.78, 5) is 5.64. The highest BCUT2D eigenvalue weighted by Crippen LogP contribution is 2.48. The maximum atomic E-state index is 15.3. The van der Waals surface area contributed by atoms with Crippen molar-refractivity contribution in [3.63, 3.8) is 0 Å². The third-order valence-corrected chi connectivity index (χ3v) is 9.57. The molecule has 0 atom stereocenters. The number of nitrogens with zero attached hydrogens (tertiary/aromatic N) is 3. The summed E-state index contributed by atoms with van der Waals surface area (Å²) in [5.41, 5.74) is 7.05. The standard InChI is InChI=1S/C42H24BF6N3/c44-25-1-11-31(12-2-25)50(32-13-3-26(45)4-14-32)35-23-40-42-41(24-35)52(34-17-7-28(47)8-18-34)39-20-10-30(49)22-37(39)43(42)36-21-29(48)9-19-38(36)51(40)33-15-5-27(46)6-16-33/h1-24H. The molecule has 3 nitrogen and oxygen atoms in total. The van der Waals surface area contributed by atoms with Gasteiger partial charge in [-0.2, -0.15) is 0 Å². The van der Waals surface area contributed by atoms with E-state index in [4.69, 9.17) is 0 Å². The smallest absolute Gasteiger partial charge is 0.252 e. The van der Waals surface area contributed by atoms with E-state index in [1.54, 1.807) is 60.7 Å². The Morgan fingerprint density at radius 1 is 0.346 bits per heavy atom. The van der Waals surface area contributed by atoms with E-state index in [0.29, 0.717) is 67.6 Å². The molecule has 7 aromatic carbocycles. The lowest BCUT2D eigenvalue weighted by Crippen LogP contribution is -2.61. The molecule has 0 aliphatic carbocycles. The van der Waals surface area contributed by atoms with Crippen molar-refractivity contribution < 1.29 is 26.3 Å². The van der Waals surface area contributed by atoms with E-state index in [0.717, 1.165) is 0 Å². The zero-order valence-electron chi connectivity index (χ0n) is 27.0. The van der Waals surface area contributed by atoms with Gasteiger partial charge in [-0.25, -0.2) is 26.3 Å². The van der Waals surface area contributed by atoms with Crippen molar-refractivity contribution in [1.82, 2.24) is 0 Å². The minimum absolute atomic E-state index is 0.441. The second-order valence-corrected chi connectivity index (χ2v) is 12.6. The van der Waals surface area contributed by atoms with Crippen molar-refractivity contribution in [3.8, 4) is 0 Å². The number of rotatable bonds is 5. The maximum absolute atomic E-state index is 15.3. The van der Waals surface area contributed by atoms with Crippen molar-refractivity contribution in [2.45, 2.75) is 0 Å². The Balaban J connectivity index is 1.41. The molecule has 2 heterocycles. The largest absolute Gasteiger partial charge is 0.311 e. The average molecular weight is 695 g/mol. The SMILES string of the molecule is Fc1ccc(N(c2ccc(F)cc2)c2cc3c4c(c2)N(c2ccc(F)cc2)c2ccc(F)cc2B4c2cc(F)ccc2N3c2ccc(F)cc2)cc1. The van der Waals surface area contributed by atoms with Crippen molar-refractivity contribution in [1.29, 1.82) is 0 Å². The highest BCUT2D eigenvalue weighted by molar-refractivity contribution is 7.00. The first-order valence-electron chi connectivity index (χ1n) is 16.4. The molecule has 2 aliphatic rings. The summed E-state index contributed by atoms with van der Waals surface area (Å²) in [6.45, 7) is -0.658. The van der Waals surface area contributed by atoms with Gasteiger partial charge in [-0.15, -0.1) is 0 Å². The monoisotopic (exact) mass is 695 g/mol. The lowest BCUT2D eigenvalue weighted by molar-refractivity contribution is 0.627. The fraction of sp³-hybridized carbons (Fsp3) is 0. The predicted molar refractivity (Wildman–Crippen MR) is 195 cm³/mol. The zero-order valence-corrected chi connectivity index (χ0v) is 27.0. The third-order valence-electron chi connectivity index (χ3n) is 9.57. The van der Waals surface area contributed by atoms with Crippen LogP contribution < -0.4 is 31.1 Å². The van der Waals surface area contributed by atoms with Crippen molar-refractivity contribution in [3.05, 3.63) is 180 Å². The fourth-order valence-electron chi connectivity index (χ4n) is 7.43. The number of hydrogen-bond acceptors (Lipinski definition) is 3. The molecular weight excluding hydrogens is 671 g/mol. The van der Waals surface area contributed by atoms with Crippen LogP contribution >= 0.6 is 0 Å². The van der Waals surface area contributed by atoms with E-state index >= 15 is 8.78 Å². The summed E-state index contributed by atoms with van der Waals surface area (Å²) in [6, 6.07) is 36.2. The molecular formula is C42H24BF6N3. The first-order chi connectivity index (χ1) is 25.2. The summed E-state index contributed by atoms with van der Waals surface area (Å²) in [6.07, 6.45) is 0. The molecule has 0 aromatic heterocycles. The van der Waals surface area contributed by atoms with E-state index in [-0.39, 0.29) is 0 Å². The van der Waals surface area contributed by atoms with Gasteiger partial charge in [-0.1, -0.05) is 0 Å². The summed E-state index contributed by atoms with van der Waals surface area (Å²) in [5, 5.41) is 0. The maximum Gasteiger partial charge on any atom is 0.252 e. The van der Waals surface area contributed by atoms with Crippen LogP contribution in [0.5, 0.6) is 0 Å². The van der Waals surface area contributed by atoms with E-state index < -0.39 is 41.6 Å². The molecule has 0 saturated heterocycles. The number of halogens is 6. The lowest BCUT2D eigenvalue weighted by atomic mass is 9.33. The molecule has 7 aromatic rings. The van der Waals surface area contributed by atoms with Crippen LogP contribution in [0.4, 0.5) is 77.5 Å². The van der Waals surface area contributed by atoms with Crippen LogP contribution in [0.15, 0.2) is 146 Å². The van der Waals surface area contributed by atoms with Crippen molar-refractivity contribution in [2.24, 2.45) is 0 Å². The summed E-state index contributed by atoms with van der Waals surface area (Å²) in [7, 11) is 0. The van der Waals surface area contributed by atoms with E-state index in [2.05, 4.69) is 0 Å². The molecule has 2 aliphatic heterocycles. The predicted octanol–water partition coefficient (Wildman–Crippen LogP) is 10.1. The Bertz CT molecular complexity index is 2320. The molecule has 9 rings (SSSR count). The van der Waals surface area contributed by atoms with Gasteiger partial charge in [0.2, 0.25) is 0 Å². The van der Waals surface area contributed by atoms with Crippen LogP contribution in [0.3, 0.4) is 0 Å². The second kappa shape index (κ2) is 12.1. The van der Waals surface area contributed by atoms with Crippen LogP contribution in [-0.2, 0) is 0 Å². The topological polar surface area (TPSA) is 9.72 Å². The molecule has 0 radical (unpaired) electrons. The van der Waals surface area contributed by atoms with Crippen LogP contribution in [0.1, 0.15) is 0 Å². The Morgan fingerprint density at radius 3 is 1.08 bits per heavy atom. The number of anilines is 9. The first-order valence-corrected chi connectivity index (χ1v) is 16.4. The van der Waals surface area contributed by atoms with E-state index in [1.807, 2.05) is 26.8 Å². The number of hydrogen-bond donors (Lipinski definition) is 0. The van der Waals surface area contributed by atoms with Gasteiger partial charge in [-0.3, -0.25) is 0 Å². The second-order valence-electron chi connectivity index (χ2n) is 12.6. The molecule has 0 N–H and O–H groups in total. The molecule has 0 saturated carbocycles. The molecule has 0 fully saturated rings. The van der Waals surface area contributed by atoms with Gasteiger partial charge in [0.25, 0.3) is 6.71 Å². The van der Waals surface area contributed by atoms with Crippen LogP contribution in [0, 0.1) is 34.9 Å². The van der Waals surface area contributed by atoms with Crippen LogP contribution in [0.2, 0.25) is 0 Å². The van der Waals surface area contributed by atoms with Crippen LogP contribution in [-0.4, -0.2) is 6.71 Å².